The van der Waals surface area contributed by atoms with Crippen molar-refractivity contribution in [2.24, 2.45) is 0 Å². The zero-order chi connectivity index (χ0) is 21.5. The van der Waals surface area contributed by atoms with Crippen molar-refractivity contribution in [3.63, 3.8) is 0 Å². The maximum Gasteiger partial charge on any atom is 0.216 e. The Bertz CT molecular complexity index is 603. The lowest BCUT2D eigenvalue weighted by molar-refractivity contribution is 0.233. The van der Waals surface area contributed by atoms with Gasteiger partial charge in [-0.05, 0) is 66.7 Å². The van der Waals surface area contributed by atoms with Crippen LogP contribution < -0.4 is 0 Å². The molecule has 2 saturated carbocycles. The van der Waals surface area contributed by atoms with Crippen molar-refractivity contribution in [1.29, 1.82) is 0 Å². The van der Waals surface area contributed by atoms with Gasteiger partial charge in [-0.2, -0.15) is 0 Å². The molecule has 2 aliphatic heterocycles. The first-order valence-corrected chi connectivity index (χ1v) is 16.0. The predicted octanol–water partition coefficient (Wildman–Crippen LogP) is 5.31. The van der Waals surface area contributed by atoms with Crippen LogP contribution in [0.25, 0.3) is 0 Å². The van der Waals surface area contributed by atoms with E-state index < -0.39 is 14.9 Å². The molecule has 0 N–H and O–H groups in total. The van der Waals surface area contributed by atoms with Gasteiger partial charge in [0.15, 0.2) is 0 Å². The molecule has 0 aromatic rings. The Morgan fingerprint density at radius 3 is 1.07 bits per heavy atom. The molecule has 30 heavy (non-hydrogen) atoms. The monoisotopic (exact) mass is 458 g/mol. The molecule has 4 fully saturated rings. The van der Waals surface area contributed by atoms with Crippen LogP contribution in [0.2, 0.25) is 0 Å². The van der Waals surface area contributed by atoms with Gasteiger partial charge in [0.25, 0.3) is 0 Å². The van der Waals surface area contributed by atoms with Gasteiger partial charge in [0.05, 0.1) is 0 Å². The minimum Gasteiger partial charge on any atom is -0.289 e. The molecule has 0 aromatic carbocycles. The average Bonchev–Trinajstić information content (AvgIpc) is 3.08. The summed E-state index contributed by atoms with van der Waals surface area (Å²) in [6.45, 7) is 0. The van der Waals surface area contributed by atoms with Gasteiger partial charge in [0.2, 0.25) is 14.9 Å². The van der Waals surface area contributed by atoms with Crippen LogP contribution in [0.3, 0.4) is 0 Å². The van der Waals surface area contributed by atoms with Crippen molar-refractivity contribution < 1.29 is 9.13 Å². The Kier molecular flexibility index (Phi) is 7.25. The van der Waals surface area contributed by atoms with E-state index in [4.69, 9.17) is 0 Å². The van der Waals surface area contributed by atoms with Gasteiger partial charge in [0, 0.05) is 36.5 Å². The van der Waals surface area contributed by atoms with Crippen LogP contribution in [0.4, 0.5) is 0 Å². The molecule has 0 bridgehead atoms. The summed E-state index contributed by atoms with van der Waals surface area (Å²) in [5.41, 5.74) is 0. The summed E-state index contributed by atoms with van der Waals surface area (Å²) in [7, 11) is 3.64. The smallest absolute Gasteiger partial charge is 0.216 e. The summed E-state index contributed by atoms with van der Waals surface area (Å²) in [6, 6.07) is 1.99. The van der Waals surface area contributed by atoms with Crippen LogP contribution >= 0.6 is 14.9 Å². The summed E-state index contributed by atoms with van der Waals surface area (Å²) in [5, 5.41) is 0. The van der Waals surface area contributed by atoms with E-state index in [2.05, 4.69) is 46.9 Å². The lowest BCUT2D eigenvalue weighted by Crippen LogP contribution is -2.37. The Labute approximate surface area is 184 Å². The lowest BCUT2D eigenvalue weighted by Gasteiger charge is -2.28. The fraction of sp³-hybridized carbons (Fsp3) is 1.00. The Morgan fingerprint density at radius 1 is 0.533 bits per heavy atom. The highest BCUT2D eigenvalue weighted by atomic mass is 31.2. The molecule has 4 aliphatic rings. The van der Waals surface area contributed by atoms with Crippen molar-refractivity contribution in [3.05, 3.63) is 0 Å². The van der Waals surface area contributed by atoms with E-state index in [9.17, 15) is 9.13 Å². The number of rotatable bonds is 7. The van der Waals surface area contributed by atoms with Gasteiger partial charge in [-0.1, -0.05) is 38.5 Å². The molecular weight excluding hydrogens is 414 g/mol. The van der Waals surface area contributed by atoms with Crippen molar-refractivity contribution in [1.82, 2.24) is 18.7 Å². The van der Waals surface area contributed by atoms with Crippen molar-refractivity contribution in [3.8, 4) is 0 Å². The number of fused-ring (bicyclic) bond motifs is 2. The third kappa shape index (κ3) is 3.93. The quantitative estimate of drug-likeness (QED) is 0.381. The summed E-state index contributed by atoms with van der Waals surface area (Å²) in [5.74, 6) is 0. The van der Waals surface area contributed by atoms with Crippen LogP contribution in [-0.4, -0.2) is 83.4 Å². The van der Waals surface area contributed by atoms with Crippen LogP contribution in [-0.2, 0) is 9.13 Å². The first kappa shape index (κ1) is 23.5. The molecule has 0 spiro atoms. The third-order valence-corrected chi connectivity index (χ3v) is 15.9. The van der Waals surface area contributed by atoms with E-state index in [1.807, 2.05) is 0 Å². The molecule has 4 rings (SSSR count). The summed E-state index contributed by atoms with van der Waals surface area (Å²) in [4.78, 5) is 0. The highest BCUT2D eigenvalue weighted by Gasteiger charge is 2.52. The molecule has 8 heteroatoms. The van der Waals surface area contributed by atoms with E-state index in [1.165, 1.54) is 51.4 Å². The number of hydrogen-bond donors (Lipinski definition) is 0. The van der Waals surface area contributed by atoms with Crippen molar-refractivity contribution in [2.45, 2.75) is 101 Å². The van der Waals surface area contributed by atoms with Crippen LogP contribution in [0, 0.1) is 0 Å². The Balaban J connectivity index is 1.23. The standard InChI is InChI=1S/C22H44N4O2P2/c1-23-19-13-7-8-14-20(19)24(2)29(23,27)17-11-5-6-12-18-30(28)25(3)21-15-9-10-16-22(21)26(30)4/h19-22H,5-18H2,1-4H3/t19-,20-,21-,22-/m1/s1. The normalized spacial score (nSPS) is 37.3. The number of hydrogen-bond acceptors (Lipinski definition) is 2. The highest BCUT2D eigenvalue weighted by molar-refractivity contribution is 7.59. The molecule has 4 atom stereocenters. The zero-order valence-electron chi connectivity index (χ0n) is 19.7. The molecule has 2 saturated heterocycles. The first-order chi connectivity index (χ1) is 14.3. The maximum atomic E-state index is 13.8. The van der Waals surface area contributed by atoms with Gasteiger partial charge in [-0.15, -0.1) is 0 Å². The van der Waals surface area contributed by atoms with Gasteiger partial charge in [-0.25, -0.2) is 18.7 Å². The van der Waals surface area contributed by atoms with Gasteiger partial charge in [-0.3, -0.25) is 9.13 Å². The van der Waals surface area contributed by atoms with E-state index in [0.717, 1.165) is 38.0 Å². The molecule has 174 valence electrons. The fourth-order valence-corrected chi connectivity index (χ4v) is 13.3. The summed E-state index contributed by atoms with van der Waals surface area (Å²) in [6.07, 6.45) is 15.8. The van der Waals surface area contributed by atoms with Crippen LogP contribution in [0.1, 0.15) is 77.0 Å². The summed E-state index contributed by atoms with van der Waals surface area (Å²) < 4.78 is 36.5. The van der Waals surface area contributed by atoms with E-state index in [-0.39, 0.29) is 0 Å². The maximum absolute atomic E-state index is 13.8. The zero-order valence-corrected chi connectivity index (χ0v) is 21.5. The highest BCUT2D eigenvalue weighted by Crippen LogP contribution is 2.63. The molecule has 6 nitrogen and oxygen atoms in total. The predicted molar refractivity (Wildman–Crippen MR) is 127 cm³/mol. The third-order valence-electron chi connectivity index (χ3n) is 8.93. The average molecular weight is 459 g/mol. The molecule has 0 unspecified atom stereocenters. The van der Waals surface area contributed by atoms with Crippen LogP contribution in [0.5, 0.6) is 0 Å². The van der Waals surface area contributed by atoms with Gasteiger partial charge >= 0.3 is 0 Å². The molecule has 2 aliphatic carbocycles. The molecule has 0 amide bonds. The van der Waals surface area contributed by atoms with Crippen molar-refractivity contribution in [2.75, 3.05) is 40.5 Å². The van der Waals surface area contributed by atoms with E-state index >= 15 is 0 Å². The van der Waals surface area contributed by atoms with Gasteiger partial charge in [0.1, 0.15) is 0 Å². The molecular formula is C22H44N4O2P2. The Morgan fingerprint density at radius 2 is 0.800 bits per heavy atom. The number of nitrogens with zero attached hydrogens (tertiary/aromatic N) is 4. The topological polar surface area (TPSA) is 47.1 Å². The minimum absolute atomic E-state index is 0.497. The van der Waals surface area contributed by atoms with E-state index in [0.29, 0.717) is 24.2 Å². The van der Waals surface area contributed by atoms with E-state index in [1.54, 1.807) is 0 Å². The number of likely N-dealkylation sites (N-methyl/N-ethyl adjacent to an activating group) is 4. The molecule has 0 aromatic heterocycles. The van der Waals surface area contributed by atoms with Gasteiger partial charge < -0.3 is 0 Å². The second-order valence-electron chi connectivity index (χ2n) is 10.3. The minimum atomic E-state index is -2.38. The first-order valence-electron chi connectivity index (χ1n) is 12.4. The lowest BCUT2D eigenvalue weighted by atomic mass is 9.91. The second-order valence-corrected chi connectivity index (χ2v) is 16.4. The Hall–Kier alpha value is 0.300. The largest absolute Gasteiger partial charge is 0.289 e. The summed E-state index contributed by atoms with van der Waals surface area (Å²) >= 11 is 0. The second kappa shape index (κ2) is 9.27. The molecule has 2 heterocycles. The fourth-order valence-electron chi connectivity index (χ4n) is 6.92. The van der Waals surface area contributed by atoms with Crippen molar-refractivity contribution >= 4 is 14.9 Å². The number of unbranched alkanes of at least 4 members (excludes halogenated alkanes) is 3. The molecule has 0 radical (unpaired) electrons. The van der Waals surface area contributed by atoms with Crippen LogP contribution in [0.15, 0.2) is 0 Å². The SMILES string of the molecule is CN1[C@@H]2CCCC[C@H]2N(C)P1(=O)CCCCCCP1(=O)N(C)[C@@H]2CCCC[C@H]2N1C.